The van der Waals surface area contributed by atoms with Gasteiger partial charge in [0.2, 0.25) is 0 Å². The molecule has 0 saturated heterocycles. The minimum absolute atomic E-state index is 0.0373. The second kappa shape index (κ2) is 6.09. The summed E-state index contributed by atoms with van der Waals surface area (Å²) in [7, 11) is 0. The zero-order chi connectivity index (χ0) is 16.5. The molecule has 1 aromatic heterocycles. The molecule has 1 N–H and O–H groups in total. The fourth-order valence-electron chi connectivity index (χ4n) is 3.15. The fourth-order valence-corrected chi connectivity index (χ4v) is 3.70. The fraction of sp³-hybridized carbons (Fsp3) is 0.158. The van der Waals surface area contributed by atoms with Gasteiger partial charge >= 0.3 is 0 Å². The first kappa shape index (κ1) is 14.9. The maximum atomic E-state index is 13.1. The first-order chi connectivity index (χ1) is 11.7. The van der Waals surface area contributed by atoms with E-state index in [2.05, 4.69) is 23.3 Å². The van der Waals surface area contributed by atoms with Crippen LogP contribution in [0.4, 0.5) is 16.5 Å². The Morgan fingerprint density at radius 3 is 2.96 bits per heavy atom. The van der Waals surface area contributed by atoms with E-state index in [1.807, 2.05) is 52.7 Å². The largest absolute Gasteiger partial charge is 0.332 e. The van der Waals surface area contributed by atoms with Crippen molar-refractivity contribution in [3.05, 3.63) is 71.2 Å². The van der Waals surface area contributed by atoms with Crippen molar-refractivity contribution in [1.82, 2.24) is 4.98 Å². The Balaban J connectivity index is 1.63. The Kier molecular flexibility index (Phi) is 3.78. The van der Waals surface area contributed by atoms with Crippen LogP contribution < -0.4 is 10.2 Å². The number of anilines is 3. The van der Waals surface area contributed by atoms with Crippen LogP contribution in [0, 0.1) is 0 Å². The number of nitrogens with zero attached hydrogens (tertiary/aromatic N) is 2. The average Bonchev–Trinajstić information content (AvgIpc) is 3.21. The molecule has 5 heteroatoms. The summed E-state index contributed by atoms with van der Waals surface area (Å²) in [5.41, 5.74) is 3.81. The van der Waals surface area contributed by atoms with Gasteiger partial charge in [-0.3, -0.25) is 4.79 Å². The molecule has 2 heterocycles. The molecular formula is C19H17N3OS. The molecule has 1 atom stereocenters. The van der Waals surface area contributed by atoms with Gasteiger partial charge in [0.05, 0.1) is 0 Å². The van der Waals surface area contributed by atoms with E-state index in [4.69, 9.17) is 0 Å². The average molecular weight is 335 g/mol. The van der Waals surface area contributed by atoms with Gasteiger partial charge in [0, 0.05) is 34.6 Å². The van der Waals surface area contributed by atoms with Gasteiger partial charge < -0.3 is 10.2 Å². The number of hydrogen-bond acceptors (Lipinski definition) is 4. The van der Waals surface area contributed by atoms with E-state index in [9.17, 15) is 4.79 Å². The summed E-state index contributed by atoms with van der Waals surface area (Å²) < 4.78 is 0. The summed E-state index contributed by atoms with van der Waals surface area (Å²) in [6.07, 6.45) is 2.66. The summed E-state index contributed by atoms with van der Waals surface area (Å²) in [5.74, 6) is 0.0373. The van der Waals surface area contributed by atoms with E-state index < -0.39 is 0 Å². The summed E-state index contributed by atoms with van der Waals surface area (Å²) in [6, 6.07) is 15.9. The van der Waals surface area contributed by atoms with Crippen molar-refractivity contribution in [2.24, 2.45) is 0 Å². The number of rotatable bonds is 3. The summed E-state index contributed by atoms with van der Waals surface area (Å²) in [5, 5.41) is 5.97. The third kappa shape index (κ3) is 2.67. The number of thiazole rings is 1. The van der Waals surface area contributed by atoms with Crippen LogP contribution in [0.3, 0.4) is 0 Å². The molecule has 0 aliphatic carbocycles. The smallest absolute Gasteiger partial charge is 0.258 e. The number of fused-ring (bicyclic) bond motifs is 1. The molecule has 1 unspecified atom stereocenters. The lowest BCUT2D eigenvalue weighted by Crippen LogP contribution is -2.35. The number of para-hydroxylation sites is 1. The predicted octanol–water partition coefficient (Wildman–Crippen LogP) is 4.48. The van der Waals surface area contributed by atoms with Gasteiger partial charge in [-0.1, -0.05) is 24.3 Å². The molecular weight excluding hydrogens is 318 g/mol. The molecule has 1 amide bonds. The monoisotopic (exact) mass is 335 g/mol. The Bertz CT molecular complexity index is 876. The lowest BCUT2D eigenvalue weighted by atomic mass is 10.1. The van der Waals surface area contributed by atoms with Crippen molar-refractivity contribution < 1.29 is 4.79 Å². The van der Waals surface area contributed by atoms with E-state index in [1.54, 1.807) is 6.20 Å². The molecule has 0 saturated carbocycles. The third-order valence-corrected chi connectivity index (χ3v) is 4.91. The first-order valence-electron chi connectivity index (χ1n) is 7.90. The third-order valence-electron chi connectivity index (χ3n) is 4.22. The van der Waals surface area contributed by atoms with E-state index in [1.165, 1.54) is 16.9 Å². The topological polar surface area (TPSA) is 45.2 Å². The Morgan fingerprint density at radius 1 is 1.25 bits per heavy atom. The summed E-state index contributed by atoms with van der Waals surface area (Å²) in [4.78, 5) is 19.2. The number of carbonyl (C=O) groups excluding carboxylic acids is 1. The normalized spacial score (nSPS) is 16.0. The maximum Gasteiger partial charge on any atom is 0.258 e. The minimum Gasteiger partial charge on any atom is -0.332 e. The molecule has 0 bridgehead atoms. The van der Waals surface area contributed by atoms with Gasteiger partial charge in [-0.15, -0.1) is 11.3 Å². The van der Waals surface area contributed by atoms with E-state index >= 15 is 0 Å². The lowest BCUT2D eigenvalue weighted by molar-refractivity contribution is 0.0981. The van der Waals surface area contributed by atoms with Crippen molar-refractivity contribution in [2.45, 2.75) is 19.4 Å². The highest BCUT2D eigenvalue weighted by Crippen LogP contribution is 2.33. The number of nitrogens with one attached hydrogen (secondary N) is 1. The first-order valence-corrected chi connectivity index (χ1v) is 8.78. The van der Waals surface area contributed by atoms with Crippen LogP contribution >= 0.6 is 11.3 Å². The summed E-state index contributed by atoms with van der Waals surface area (Å²) in [6.45, 7) is 2.09. The number of carbonyl (C=O) groups is 1. The Hall–Kier alpha value is -2.66. The standard InChI is InChI=1S/C19H17N3OS/c1-13-11-14-5-2-3-8-17(14)22(13)18(23)15-6-4-7-16(12-15)21-19-20-9-10-24-19/h2-10,12-13H,11H2,1H3,(H,20,21). The van der Waals surface area contributed by atoms with E-state index in [0.717, 1.165) is 22.9 Å². The molecule has 4 rings (SSSR count). The van der Waals surface area contributed by atoms with Crippen molar-refractivity contribution in [3.63, 3.8) is 0 Å². The van der Waals surface area contributed by atoms with Gasteiger partial charge in [0.25, 0.3) is 5.91 Å². The second-order valence-corrected chi connectivity index (χ2v) is 6.79. The summed E-state index contributed by atoms with van der Waals surface area (Å²) >= 11 is 1.53. The van der Waals surface area contributed by atoms with Gasteiger partial charge in [-0.05, 0) is 43.2 Å². The zero-order valence-corrected chi connectivity index (χ0v) is 14.1. The quantitative estimate of drug-likeness (QED) is 0.767. The molecule has 4 nitrogen and oxygen atoms in total. The van der Waals surface area contributed by atoms with Gasteiger partial charge in [-0.25, -0.2) is 4.98 Å². The molecule has 0 spiro atoms. The highest BCUT2D eigenvalue weighted by atomic mass is 32.1. The van der Waals surface area contributed by atoms with Crippen molar-refractivity contribution in [1.29, 1.82) is 0 Å². The van der Waals surface area contributed by atoms with Crippen molar-refractivity contribution in [3.8, 4) is 0 Å². The van der Waals surface area contributed by atoms with Crippen molar-refractivity contribution in [2.75, 3.05) is 10.2 Å². The molecule has 1 aliphatic rings. The zero-order valence-electron chi connectivity index (χ0n) is 13.3. The van der Waals surface area contributed by atoms with Crippen LogP contribution in [0.5, 0.6) is 0 Å². The van der Waals surface area contributed by atoms with Gasteiger partial charge in [0.1, 0.15) is 0 Å². The number of aromatic nitrogens is 1. The van der Waals surface area contributed by atoms with Crippen LogP contribution in [0.25, 0.3) is 0 Å². The van der Waals surface area contributed by atoms with Crippen molar-refractivity contribution >= 4 is 33.8 Å². The minimum atomic E-state index is 0.0373. The number of amides is 1. The van der Waals surface area contributed by atoms with Gasteiger partial charge in [0.15, 0.2) is 5.13 Å². The van der Waals surface area contributed by atoms with Crippen LogP contribution in [-0.2, 0) is 6.42 Å². The highest BCUT2D eigenvalue weighted by Gasteiger charge is 2.31. The van der Waals surface area contributed by atoms with Gasteiger partial charge in [-0.2, -0.15) is 0 Å². The number of benzene rings is 2. The highest BCUT2D eigenvalue weighted by molar-refractivity contribution is 7.13. The molecule has 0 radical (unpaired) electrons. The molecule has 3 aromatic rings. The molecule has 120 valence electrons. The van der Waals surface area contributed by atoms with E-state index in [-0.39, 0.29) is 11.9 Å². The van der Waals surface area contributed by atoms with Crippen LogP contribution in [-0.4, -0.2) is 16.9 Å². The molecule has 0 fully saturated rings. The predicted molar refractivity (Wildman–Crippen MR) is 98.3 cm³/mol. The molecule has 1 aliphatic heterocycles. The molecule has 2 aromatic carbocycles. The lowest BCUT2D eigenvalue weighted by Gasteiger charge is -2.23. The Labute approximate surface area is 144 Å². The van der Waals surface area contributed by atoms with Crippen LogP contribution in [0.15, 0.2) is 60.1 Å². The number of hydrogen-bond donors (Lipinski definition) is 1. The molecule has 24 heavy (non-hydrogen) atoms. The Morgan fingerprint density at radius 2 is 2.12 bits per heavy atom. The van der Waals surface area contributed by atoms with Crippen LogP contribution in [0.1, 0.15) is 22.8 Å². The van der Waals surface area contributed by atoms with Crippen LogP contribution in [0.2, 0.25) is 0 Å². The maximum absolute atomic E-state index is 13.1. The second-order valence-electron chi connectivity index (χ2n) is 5.90. The van der Waals surface area contributed by atoms with E-state index in [0.29, 0.717) is 5.56 Å². The SMILES string of the molecule is CC1Cc2ccccc2N1C(=O)c1cccc(Nc2nccs2)c1.